The van der Waals surface area contributed by atoms with Crippen LogP contribution in [0.15, 0.2) is 18.2 Å². The Morgan fingerprint density at radius 1 is 1.20 bits per heavy atom. The van der Waals surface area contributed by atoms with Crippen LogP contribution in [0.3, 0.4) is 0 Å². The van der Waals surface area contributed by atoms with E-state index in [1.54, 1.807) is 30.9 Å². The summed E-state index contributed by atoms with van der Waals surface area (Å²) in [6.45, 7) is 5.72. The highest BCUT2D eigenvalue weighted by atomic mass is 19.1. The van der Waals surface area contributed by atoms with Crippen LogP contribution in [-0.2, 0) is 4.79 Å². The smallest absolute Gasteiger partial charge is 0.219 e. The first-order chi connectivity index (χ1) is 9.52. The first kappa shape index (κ1) is 14.5. The fraction of sp³-hybridized carbons (Fsp3) is 0.467. The second kappa shape index (κ2) is 6.03. The zero-order valence-electron chi connectivity index (χ0n) is 11.9. The van der Waals surface area contributed by atoms with Gasteiger partial charge in [0.2, 0.25) is 5.91 Å². The van der Waals surface area contributed by atoms with Crippen molar-refractivity contribution in [3.8, 4) is 0 Å². The summed E-state index contributed by atoms with van der Waals surface area (Å²) in [5.41, 5.74) is 0.914. The molecule has 5 heteroatoms. The van der Waals surface area contributed by atoms with Crippen LogP contribution >= 0.6 is 0 Å². The highest BCUT2D eigenvalue weighted by molar-refractivity contribution is 5.96. The Morgan fingerprint density at radius 3 is 2.35 bits per heavy atom. The number of Topliss-reactive ketones (excluding diaryl/α,β-unsaturated/α-hetero) is 1. The number of halogens is 1. The molecule has 1 aromatic carbocycles. The number of carbonyl (C=O) groups excluding carboxylic acids is 2. The number of piperazine rings is 1. The number of benzene rings is 1. The fourth-order valence-corrected chi connectivity index (χ4v) is 2.40. The van der Waals surface area contributed by atoms with Gasteiger partial charge in [0.15, 0.2) is 5.78 Å². The minimum atomic E-state index is -0.374. The van der Waals surface area contributed by atoms with Crippen LogP contribution in [0.2, 0.25) is 0 Å². The zero-order chi connectivity index (χ0) is 14.7. The molecule has 0 saturated carbocycles. The number of anilines is 1. The molecule has 0 unspecified atom stereocenters. The summed E-state index contributed by atoms with van der Waals surface area (Å²) in [4.78, 5) is 26.5. The van der Waals surface area contributed by atoms with Crippen LogP contribution in [0.25, 0.3) is 0 Å². The van der Waals surface area contributed by atoms with Crippen molar-refractivity contribution in [2.24, 2.45) is 0 Å². The third-order valence-corrected chi connectivity index (χ3v) is 3.66. The molecule has 0 radical (unpaired) electrons. The third-order valence-electron chi connectivity index (χ3n) is 3.66. The van der Waals surface area contributed by atoms with Gasteiger partial charge in [-0.1, -0.05) is 6.92 Å². The molecule has 0 N–H and O–H groups in total. The van der Waals surface area contributed by atoms with Gasteiger partial charge in [-0.05, 0) is 18.2 Å². The van der Waals surface area contributed by atoms with Crippen molar-refractivity contribution in [2.45, 2.75) is 20.3 Å². The summed E-state index contributed by atoms with van der Waals surface area (Å²) >= 11 is 0. The van der Waals surface area contributed by atoms with Gasteiger partial charge in [0.05, 0.1) is 5.69 Å². The number of rotatable bonds is 3. The molecule has 0 atom stereocenters. The predicted molar refractivity (Wildman–Crippen MR) is 75.5 cm³/mol. The van der Waals surface area contributed by atoms with E-state index in [4.69, 9.17) is 0 Å². The molecule has 0 aliphatic carbocycles. The van der Waals surface area contributed by atoms with Gasteiger partial charge in [-0.2, -0.15) is 0 Å². The van der Waals surface area contributed by atoms with Crippen molar-refractivity contribution in [3.05, 3.63) is 29.6 Å². The number of hydrogen-bond donors (Lipinski definition) is 0. The van der Waals surface area contributed by atoms with Crippen LogP contribution in [0.4, 0.5) is 10.1 Å². The van der Waals surface area contributed by atoms with E-state index in [0.29, 0.717) is 43.9 Å². The summed E-state index contributed by atoms with van der Waals surface area (Å²) in [6.07, 6.45) is 0.371. The topological polar surface area (TPSA) is 40.6 Å². The minimum Gasteiger partial charge on any atom is -0.366 e. The van der Waals surface area contributed by atoms with Gasteiger partial charge in [-0.3, -0.25) is 9.59 Å². The van der Waals surface area contributed by atoms with E-state index in [1.807, 2.05) is 4.90 Å². The zero-order valence-corrected chi connectivity index (χ0v) is 11.9. The second-order valence-electron chi connectivity index (χ2n) is 4.94. The predicted octanol–water partition coefficient (Wildman–Crippen LogP) is 2.09. The Hall–Kier alpha value is -1.91. The average molecular weight is 278 g/mol. The molecule has 1 aliphatic heterocycles. The SMILES string of the molecule is CCC(=O)c1ccc(N2CCN(C(C)=O)CC2)c(F)c1. The van der Waals surface area contributed by atoms with Gasteiger partial charge in [-0.15, -0.1) is 0 Å². The van der Waals surface area contributed by atoms with E-state index >= 15 is 0 Å². The first-order valence-corrected chi connectivity index (χ1v) is 6.86. The second-order valence-corrected chi connectivity index (χ2v) is 4.94. The normalized spacial score (nSPS) is 15.3. The molecule has 0 bridgehead atoms. The van der Waals surface area contributed by atoms with Crippen LogP contribution in [-0.4, -0.2) is 42.8 Å². The standard InChI is InChI=1S/C15H19FN2O2/c1-3-15(20)12-4-5-14(13(16)10-12)18-8-6-17(7-9-18)11(2)19/h4-5,10H,3,6-9H2,1-2H3. The van der Waals surface area contributed by atoms with E-state index in [0.717, 1.165) is 0 Å². The average Bonchev–Trinajstić information content (AvgIpc) is 2.46. The van der Waals surface area contributed by atoms with Crippen LogP contribution in [0.1, 0.15) is 30.6 Å². The van der Waals surface area contributed by atoms with Crippen LogP contribution in [0.5, 0.6) is 0 Å². The van der Waals surface area contributed by atoms with E-state index in [2.05, 4.69) is 0 Å². The molecule has 1 saturated heterocycles. The van der Waals surface area contributed by atoms with Gasteiger partial charge in [0.1, 0.15) is 5.82 Å². The maximum atomic E-state index is 14.1. The maximum absolute atomic E-state index is 14.1. The van der Waals surface area contributed by atoms with Gasteiger partial charge in [0, 0.05) is 45.1 Å². The van der Waals surface area contributed by atoms with Gasteiger partial charge < -0.3 is 9.80 Å². The fourth-order valence-electron chi connectivity index (χ4n) is 2.40. The highest BCUT2D eigenvalue weighted by Crippen LogP contribution is 2.22. The Morgan fingerprint density at radius 2 is 1.85 bits per heavy atom. The Balaban J connectivity index is 2.11. The summed E-state index contributed by atoms with van der Waals surface area (Å²) in [7, 11) is 0. The molecule has 2 rings (SSSR count). The maximum Gasteiger partial charge on any atom is 0.219 e. The molecule has 1 amide bonds. The van der Waals surface area contributed by atoms with Crippen molar-refractivity contribution < 1.29 is 14.0 Å². The number of amides is 1. The van der Waals surface area contributed by atoms with Crippen molar-refractivity contribution in [3.63, 3.8) is 0 Å². The molecule has 1 aromatic rings. The number of ketones is 1. The number of nitrogens with zero attached hydrogens (tertiary/aromatic N) is 2. The highest BCUT2D eigenvalue weighted by Gasteiger charge is 2.21. The summed E-state index contributed by atoms with van der Waals surface area (Å²) in [5.74, 6) is -0.383. The lowest BCUT2D eigenvalue weighted by Crippen LogP contribution is -2.48. The molecule has 4 nitrogen and oxygen atoms in total. The van der Waals surface area contributed by atoms with Crippen molar-refractivity contribution in [1.29, 1.82) is 0 Å². The van der Waals surface area contributed by atoms with E-state index in [-0.39, 0.29) is 17.5 Å². The minimum absolute atomic E-state index is 0.0500. The van der Waals surface area contributed by atoms with Gasteiger partial charge in [0.25, 0.3) is 0 Å². The molecule has 0 spiro atoms. The van der Waals surface area contributed by atoms with Gasteiger partial charge >= 0.3 is 0 Å². The molecule has 108 valence electrons. The lowest BCUT2D eigenvalue weighted by atomic mass is 10.1. The molecular formula is C15H19FN2O2. The quantitative estimate of drug-likeness (QED) is 0.795. The van der Waals surface area contributed by atoms with Crippen molar-refractivity contribution >= 4 is 17.4 Å². The Labute approximate surface area is 118 Å². The van der Waals surface area contributed by atoms with Crippen LogP contribution < -0.4 is 4.90 Å². The summed E-state index contributed by atoms with van der Waals surface area (Å²) < 4.78 is 14.1. The number of hydrogen-bond acceptors (Lipinski definition) is 3. The largest absolute Gasteiger partial charge is 0.366 e. The molecule has 1 aliphatic rings. The Bertz CT molecular complexity index is 523. The molecule has 1 heterocycles. The van der Waals surface area contributed by atoms with E-state index in [9.17, 15) is 14.0 Å². The van der Waals surface area contributed by atoms with Crippen molar-refractivity contribution in [1.82, 2.24) is 4.90 Å². The molecule has 1 fully saturated rings. The molecule has 0 aromatic heterocycles. The summed E-state index contributed by atoms with van der Waals surface area (Å²) in [5, 5.41) is 0. The monoisotopic (exact) mass is 278 g/mol. The van der Waals surface area contributed by atoms with E-state index < -0.39 is 0 Å². The summed E-state index contributed by atoms with van der Waals surface area (Å²) in [6, 6.07) is 4.63. The van der Waals surface area contributed by atoms with Crippen molar-refractivity contribution in [2.75, 3.05) is 31.1 Å². The Kier molecular flexibility index (Phi) is 4.37. The molecule has 20 heavy (non-hydrogen) atoms. The van der Waals surface area contributed by atoms with Gasteiger partial charge in [-0.25, -0.2) is 4.39 Å². The molecular weight excluding hydrogens is 259 g/mol. The van der Waals surface area contributed by atoms with Crippen LogP contribution in [0, 0.1) is 5.82 Å². The van der Waals surface area contributed by atoms with E-state index in [1.165, 1.54) is 6.07 Å². The third kappa shape index (κ3) is 2.98. The first-order valence-electron chi connectivity index (χ1n) is 6.86. The lowest BCUT2D eigenvalue weighted by molar-refractivity contribution is -0.129. The lowest BCUT2D eigenvalue weighted by Gasteiger charge is -2.35. The number of carbonyl (C=O) groups is 2.